The minimum Gasteiger partial charge on any atom is -0.456 e. The molecule has 0 unspecified atom stereocenters. The normalized spacial score (nSPS) is 9.80. The van der Waals surface area contributed by atoms with Crippen molar-refractivity contribution in [2.24, 2.45) is 0 Å². The number of benzene rings is 2. The van der Waals surface area contributed by atoms with E-state index in [1.165, 1.54) is 0 Å². The third-order valence-electron chi connectivity index (χ3n) is 3.67. The molecule has 2 aromatic rings. The second kappa shape index (κ2) is 11.1. The number of hydrogen-bond donors (Lipinski definition) is 0. The summed E-state index contributed by atoms with van der Waals surface area (Å²) in [5.41, 5.74) is -1.27. The summed E-state index contributed by atoms with van der Waals surface area (Å²) < 4.78 is 15.3. The minimum atomic E-state index is -1.90. The molecular formula is C24H20O6. The van der Waals surface area contributed by atoms with Crippen LogP contribution in [0.4, 0.5) is 0 Å². The molecule has 6 heteroatoms. The molecular weight excluding hydrogens is 384 g/mol. The van der Waals surface area contributed by atoms with Gasteiger partial charge < -0.3 is 14.2 Å². The first-order chi connectivity index (χ1) is 14.5. The highest BCUT2D eigenvalue weighted by atomic mass is 16.6. The summed E-state index contributed by atoms with van der Waals surface area (Å²) in [4.78, 5) is 36.5. The predicted octanol–water partition coefficient (Wildman–Crippen LogP) is 2.87. The summed E-state index contributed by atoms with van der Waals surface area (Å²) in [6.45, 7) is 3.54. The van der Waals surface area contributed by atoms with Crippen LogP contribution in [0, 0.1) is 23.7 Å². The summed E-state index contributed by atoms with van der Waals surface area (Å²) in [6.07, 6.45) is 0. The van der Waals surface area contributed by atoms with Gasteiger partial charge in [0.05, 0.1) is 18.8 Å². The van der Waals surface area contributed by atoms with Crippen LogP contribution in [-0.4, -0.2) is 31.1 Å². The molecule has 2 rings (SSSR count). The topological polar surface area (TPSA) is 78.9 Å². The average molecular weight is 404 g/mol. The van der Waals surface area contributed by atoms with Gasteiger partial charge in [-0.1, -0.05) is 48.5 Å². The zero-order valence-corrected chi connectivity index (χ0v) is 16.6. The van der Waals surface area contributed by atoms with Crippen LogP contribution >= 0.6 is 0 Å². The lowest BCUT2D eigenvalue weighted by atomic mass is 9.94. The number of carbonyl (C=O) groups is 3. The fourth-order valence-electron chi connectivity index (χ4n) is 2.34. The molecule has 0 fully saturated rings. The SMILES string of the molecule is CCOC(=O)C#CC(C#CC(=O)OCC)(OC(=O)c1ccccc1)c1ccccc1. The van der Waals surface area contributed by atoms with Crippen molar-refractivity contribution in [1.82, 2.24) is 0 Å². The van der Waals surface area contributed by atoms with E-state index in [9.17, 15) is 14.4 Å². The van der Waals surface area contributed by atoms with Gasteiger partial charge >= 0.3 is 17.9 Å². The molecule has 0 aromatic heterocycles. The largest absolute Gasteiger partial charge is 0.456 e. The maximum absolute atomic E-state index is 12.8. The Morgan fingerprint density at radius 1 is 0.767 bits per heavy atom. The molecule has 0 N–H and O–H groups in total. The Bertz CT molecular complexity index is 968. The molecule has 0 radical (unpaired) electrons. The van der Waals surface area contributed by atoms with Gasteiger partial charge in [-0.2, -0.15) is 0 Å². The molecule has 6 nitrogen and oxygen atoms in total. The molecule has 0 aliphatic carbocycles. The second-order valence-electron chi connectivity index (χ2n) is 5.74. The Balaban J connectivity index is 2.59. The van der Waals surface area contributed by atoms with E-state index in [0.29, 0.717) is 5.56 Å². The van der Waals surface area contributed by atoms with Gasteiger partial charge in [0.15, 0.2) is 0 Å². The van der Waals surface area contributed by atoms with Gasteiger partial charge in [-0.05, 0) is 37.8 Å². The third-order valence-corrected chi connectivity index (χ3v) is 3.67. The van der Waals surface area contributed by atoms with Gasteiger partial charge in [0, 0.05) is 17.4 Å². The van der Waals surface area contributed by atoms with Crippen molar-refractivity contribution in [2.45, 2.75) is 19.4 Å². The number of hydrogen-bond acceptors (Lipinski definition) is 6. The van der Waals surface area contributed by atoms with Crippen LogP contribution in [0.25, 0.3) is 0 Å². The van der Waals surface area contributed by atoms with Crippen molar-refractivity contribution in [3.63, 3.8) is 0 Å². The van der Waals surface area contributed by atoms with E-state index in [1.54, 1.807) is 74.5 Å². The van der Waals surface area contributed by atoms with E-state index in [4.69, 9.17) is 14.2 Å². The van der Waals surface area contributed by atoms with Crippen LogP contribution in [0.1, 0.15) is 29.8 Å². The molecule has 30 heavy (non-hydrogen) atoms. The standard InChI is InChI=1S/C24H20O6/c1-3-28-21(25)15-17-24(18-16-22(26)29-4-2,20-13-9-6-10-14-20)30-23(27)19-11-7-5-8-12-19/h5-14H,3-4H2,1-2H3. The molecule has 0 heterocycles. The summed E-state index contributed by atoms with van der Waals surface area (Å²) >= 11 is 0. The summed E-state index contributed by atoms with van der Waals surface area (Å²) in [7, 11) is 0. The molecule has 0 saturated carbocycles. The molecule has 152 valence electrons. The molecule has 0 atom stereocenters. The fourth-order valence-corrected chi connectivity index (χ4v) is 2.34. The van der Waals surface area contributed by atoms with Crippen molar-refractivity contribution < 1.29 is 28.6 Å². The Morgan fingerprint density at radius 3 is 1.70 bits per heavy atom. The molecule has 0 aliphatic rings. The van der Waals surface area contributed by atoms with Crippen molar-refractivity contribution in [2.75, 3.05) is 13.2 Å². The van der Waals surface area contributed by atoms with E-state index in [0.717, 1.165) is 0 Å². The Morgan fingerprint density at radius 2 is 1.23 bits per heavy atom. The Kier molecular flexibility index (Phi) is 8.23. The summed E-state index contributed by atoms with van der Waals surface area (Å²) in [6, 6.07) is 16.6. The molecule has 2 aromatic carbocycles. The van der Waals surface area contributed by atoms with Gasteiger partial charge in [0.25, 0.3) is 5.60 Å². The van der Waals surface area contributed by atoms with Crippen LogP contribution < -0.4 is 0 Å². The molecule has 0 spiro atoms. The molecule has 0 amide bonds. The Hall–Kier alpha value is -4.03. The first-order valence-electron chi connectivity index (χ1n) is 9.24. The number of carbonyl (C=O) groups excluding carboxylic acids is 3. The maximum atomic E-state index is 12.8. The van der Waals surface area contributed by atoms with Gasteiger partial charge in [0.2, 0.25) is 0 Å². The van der Waals surface area contributed by atoms with Gasteiger partial charge in [0.1, 0.15) is 0 Å². The lowest BCUT2D eigenvalue weighted by Crippen LogP contribution is -2.30. The highest BCUT2D eigenvalue weighted by molar-refractivity contribution is 5.92. The van der Waals surface area contributed by atoms with Crippen molar-refractivity contribution in [3.8, 4) is 23.7 Å². The quantitative estimate of drug-likeness (QED) is 0.330. The van der Waals surface area contributed by atoms with Crippen LogP contribution in [0.5, 0.6) is 0 Å². The van der Waals surface area contributed by atoms with E-state index < -0.39 is 23.5 Å². The van der Waals surface area contributed by atoms with Crippen LogP contribution in [-0.2, 0) is 29.4 Å². The summed E-state index contributed by atoms with van der Waals surface area (Å²) in [5, 5.41) is 0. The van der Waals surface area contributed by atoms with Crippen LogP contribution in [0.3, 0.4) is 0 Å². The van der Waals surface area contributed by atoms with Crippen molar-refractivity contribution in [1.29, 1.82) is 0 Å². The Labute approximate surface area is 175 Å². The van der Waals surface area contributed by atoms with Crippen molar-refractivity contribution in [3.05, 3.63) is 71.8 Å². The number of rotatable bonds is 5. The minimum absolute atomic E-state index is 0.129. The zero-order chi connectivity index (χ0) is 21.8. The second-order valence-corrected chi connectivity index (χ2v) is 5.74. The van der Waals surface area contributed by atoms with E-state index in [2.05, 4.69) is 23.7 Å². The van der Waals surface area contributed by atoms with Crippen molar-refractivity contribution >= 4 is 17.9 Å². The van der Waals surface area contributed by atoms with Gasteiger partial charge in [-0.15, -0.1) is 0 Å². The summed E-state index contributed by atoms with van der Waals surface area (Å²) in [5.74, 6) is 7.40. The molecule has 0 aliphatic heterocycles. The van der Waals surface area contributed by atoms with E-state index in [-0.39, 0.29) is 18.8 Å². The fraction of sp³-hybridized carbons (Fsp3) is 0.208. The average Bonchev–Trinajstić information content (AvgIpc) is 2.77. The highest BCUT2D eigenvalue weighted by Gasteiger charge is 2.34. The van der Waals surface area contributed by atoms with Crippen LogP contribution in [0.2, 0.25) is 0 Å². The molecule has 0 bridgehead atoms. The third kappa shape index (κ3) is 6.25. The highest BCUT2D eigenvalue weighted by Crippen LogP contribution is 2.26. The smallest absolute Gasteiger partial charge is 0.384 e. The predicted molar refractivity (Wildman–Crippen MR) is 109 cm³/mol. The lowest BCUT2D eigenvalue weighted by molar-refractivity contribution is -0.137. The maximum Gasteiger partial charge on any atom is 0.384 e. The zero-order valence-electron chi connectivity index (χ0n) is 16.6. The monoisotopic (exact) mass is 404 g/mol. The van der Waals surface area contributed by atoms with E-state index in [1.807, 2.05) is 0 Å². The number of ether oxygens (including phenoxy) is 3. The first kappa shape index (κ1) is 22.3. The van der Waals surface area contributed by atoms with Gasteiger partial charge in [-0.3, -0.25) is 0 Å². The lowest BCUT2D eigenvalue weighted by Gasteiger charge is -2.23. The van der Waals surface area contributed by atoms with Crippen LogP contribution in [0.15, 0.2) is 60.7 Å². The molecule has 0 saturated heterocycles. The van der Waals surface area contributed by atoms with E-state index >= 15 is 0 Å². The first-order valence-corrected chi connectivity index (χ1v) is 9.24. The van der Waals surface area contributed by atoms with Gasteiger partial charge in [-0.25, -0.2) is 14.4 Å². The number of esters is 3.